The van der Waals surface area contributed by atoms with Crippen molar-refractivity contribution >= 4 is 0 Å². The van der Waals surface area contributed by atoms with Gasteiger partial charge in [-0.1, -0.05) is 18.6 Å². The Kier molecular flexibility index (Phi) is 6.54. The number of nitrogens with zero attached hydrogens (tertiary/aromatic N) is 1. The van der Waals surface area contributed by atoms with E-state index in [9.17, 15) is 0 Å². The molecule has 110 valence electrons. The van der Waals surface area contributed by atoms with Crippen molar-refractivity contribution in [1.29, 1.82) is 5.26 Å². The second-order valence-corrected chi connectivity index (χ2v) is 5.91. The summed E-state index contributed by atoms with van der Waals surface area (Å²) in [5, 5.41) is 12.5. The molecule has 20 heavy (non-hydrogen) atoms. The average molecular weight is 274 g/mol. The Labute approximate surface area is 123 Å². The Morgan fingerprint density at radius 1 is 1.35 bits per heavy atom. The molecule has 0 fully saturated rings. The molecule has 1 N–H and O–H groups in total. The molecule has 0 spiro atoms. The second kappa shape index (κ2) is 7.91. The van der Waals surface area contributed by atoms with Gasteiger partial charge < -0.3 is 10.1 Å². The van der Waals surface area contributed by atoms with E-state index in [-0.39, 0.29) is 5.41 Å². The Hall–Kier alpha value is -1.53. The molecule has 0 unspecified atom stereocenters. The lowest BCUT2D eigenvalue weighted by molar-refractivity contribution is 0.411. The van der Waals surface area contributed by atoms with Crippen molar-refractivity contribution in [3.05, 3.63) is 29.8 Å². The second-order valence-electron chi connectivity index (χ2n) is 5.91. The predicted octanol–water partition coefficient (Wildman–Crippen LogP) is 4.07. The Balaban J connectivity index is 2.30. The lowest BCUT2D eigenvalue weighted by Gasteiger charge is -2.17. The molecular formula is C17H26N2O. The van der Waals surface area contributed by atoms with Crippen molar-refractivity contribution in [2.75, 3.05) is 13.7 Å². The fraction of sp³-hybridized carbons (Fsp3) is 0.588. The molecule has 0 amide bonds. The first-order valence-electron chi connectivity index (χ1n) is 7.27. The molecule has 0 aliphatic heterocycles. The molecule has 0 saturated carbocycles. The summed E-state index contributed by atoms with van der Waals surface area (Å²) in [6.45, 7) is 7.13. The van der Waals surface area contributed by atoms with E-state index in [1.165, 1.54) is 5.56 Å². The van der Waals surface area contributed by atoms with Crippen LogP contribution in [0.25, 0.3) is 0 Å². The van der Waals surface area contributed by atoms with Crippen molar-refractivity contribution in [2.45, 2.75) is 46.1 Å². The number of unbranched alkanes of at least 4 members (excludes halogenated alkanes) is 1. The summed E-state index contributed by atoms with van der Waals surface area (Å²) < 4.78 is 5.24. The zero-order chi connectivity index (χ0) is 15.0. The fourth-order valence-electron chi connectivity index (χ4n) is 2.10. The summed E-state index contributed by atoms with van der Waals surface area (Å²) in [7, 11) is 1.69. The van der Waals surface area contributed by atoms with Gasteiger partial charge in [-0.15, -0.1) is 0 Å². The van der Waals surface area contributed by atoms with E-state index in [0.29, 0.717) is 6.04 Å². The monoisotopic (exact) mass is 274 g/mol. The highest BCUT2D eigenvalue weighted by Gasteiger charge is 2.15. The summed E-state index contributed by atoms with van der Waals surface area (Å²) in [5.74, 6) is 0.895. The van der Waals surface area contributed by atoms with Gasteiger partial charge in [-0.2, -0.15) is 5.26 Å². The minimum atomic E-state index is -0.196. The minimum absolute atomic E-state index is 0.196. The third kappa shape index (κ3) is 5.63. The number of benzene rings is 1. The highest BCUT2D eigenvalue weighted by atomic mass is 16.5. The lowest BCUT2D eigenvalue weighted by Crippen LogP contribution is -2.20. The quantitative estimate of drug-likeness (QED) is 0.727. The summed E-state index contributed by atoms with van der Waals surface area (Å²) in [4.78, 5) is 0. The third-order valence-electron chi connectivity index (χ3n) is 3.58. The van der Waals surface area contributed by atoms with Gasteiger partial charge in [-0.25, -0.2) is 0 Å². The van der Waals surface area contributed by atoms with Crippen LogP contribution in [0.3, 0.4) is 0 Å². The molecular weight excluding hydrogens is 248 g/mol. The van der Waals surface area contributed by atoms with Gasteiger partial charge >= 0.3 is 0 Å². The standard InChI is InChI=1S/C17H26N2O/c1-14(15-8-7-9-16(12-15)20-4)19-11-6-5-10-17(2,3)13-18/h7-9,12,14,19H,5-6,10-11H2,1-4H3/t14-/m0/s1. The summed E-state index contributed by atoms with van der Waals surface area (Å²) in [5.41, 5.74) is 1.04. The SMILES string of the molecule is COc1cccc([C@H](C)NCCCCC(C)(C)C#N)c1. The van der Waals surface area contributed by atoms with Crippen LogP contribution in [0.4, 0.5) is 0 Å². The van der Waals surface area contributed by atoms with Crippen LogP contribution in [0.1, 0.15) is 51.6 Å². The van der Waals surface area contributed by atoms with Gasteiger partial charge in [0, 0.05) is 6.04 Å². The maximum Gasteiger partial charge on any atom is 0.119 e. The molecule has 0 radical (unpaired) electrons. The molecule has 1 aromatic carbocycles. The van der Waals surface area contributed by atoms with Gasteiger partial charge in [0.2, 0.25) is 0 Å². The van der Waals surface area contributed by atoms with Crippen LogP contribution in [-0.4, -0.2) is 13.7 Å². The lowest BCUT2D eigenvalue weighted by atomic mass is 9.89. The fourth-order valence-corrected chi connectivity index (χ4v) is 2.10. The molecule has 0 bridgehead atoms. The van der Waals surface area contributed by atoms with E-state index < -0.39 is 0 Å². The van der Waals surface area contributed by atoms with E-state index in [2.05, 4.69) is 30.4 Å². The first-order valence-corrected chi connectivity index (χ1v) is 7.27. The molecule has 1 atom stereocenters. The van der Waals surface area contributed by atoms with Crippen LogP contribution in [0.2, 0.25) is 0 Å². The highest BCUT2D eigenvalue weighted by molar-refractivity contribution is 5.30. The summed E-state index contributed by atoms with van der Waals surface area (Å²) in [6, 6.07) is 10.8. The van der Waals surface area contributed by atoms with Crippen LogP contribution < -0.4 is 10.1 Å². The number of nitriles is 1. The van der Waals surface area contributed by atoms with Crippen molar-refractivity contribution in [2.24, 2.45) is 5.41 Å². The van der Waals surface area contributed by atoms with Gasteiger partial charge in [0.15, 0.2) is 0 Å². The Bertz CT molecular complexity index is 449. The van der Waals surface area contributed by atoms with Gasteiger partial charge in [0.25, 0.3) is 0 Å². The number of hydrogen-bond acceptors (Lipinski definition) is 3. The molecule has 0 aliphatic rings. The van der Waals surface area contributed by atoms with Crippen LogP contribution in [0.5, 0.6) is 5.75 Å². The zero-order valence-corrected chi connectivity index (χ0v) is 13.1. The van der Waals surface area contributed by atoms with Gasteiger partial charge in [0.05, 0.1) is 18.6 Å². The van der Waals surface area contributed by atoms with Crippen molar-refractivity contribution in [3.63, 3.8) is 0 Å². The first kappa shape index (κ1) is 16.5. The molecule has 0 aliphatic carbocycles. The van der Waals surface area contributed by atoms with Gasteiger partial charge in [-0.3, -0.25) is 0 Å². The highest BCUT2D eigenvalue weighted by Crippen LogP contribution is 2.22. The number of rotatable bonds is 8. The number of ether oxygens (including phenoxy) is 1. The Morgan fingerprint density at radius 2 is 2.10 bits per heavy atom. The van der Waals surface area contributed by atoms with Gasteiger partial charge in [0.1, 0.15) is 5.75 Å². The predicted molar refractivity (Wildman–Crippen MR) is 82.7 cm³/mol. The van der Waals surface area contributed by atoms with E-state index >= 15 is 0 Å². The van der Waals surface area contributed by atoms with Crippen LogP contribution in [0, 0.1) is 16.7 Å². The molecule has 3 nitrogen and oxygen atoms in total. The molecule has 1 rings (SSSR count). The molecule has 0 heterocycles. The molecule has 0 saturated heterocycles. The number of nitrogens with one attached hydrogen (secondary N) is 1. The third-order valence-corrected chi connectivity index (χ3v) is 3.58. The van der Waals surface area contributed by atoms with E-state index in [0.717, 1.165) is 31.6 Å². The topological polar surface area (TPSA) is 45.0 Å². The minimum Gasteiger partial charge on any atom is -0.497 e. The normalized spacial score (nSPS) is 12.8. The van der Waals surface area contributed by atoms with Crippen molar-refractivity contribution in [3.8, 4) is 11.8 Å². The number of hydrogen-bond donors (Lipinski definition) is 1. The van der Waals surface area contributed by atoms with Crippen LogP contribution in [0.15, 0.2) is 24.3 Å². The maximum atomic E-state index is 8.96. The van der Waals surface area contributed by atoms with E-state index in [4.69, 9.17) is 10.00 Å². The smallest absolute Gasteiger partial charge is 0.119 e. The van der Waals surface area contributed by atoms with Crippen LogP contribution in [-0.2, 0) is 0 Å². The molecule has 0 aromatic heterocycles. The number of methoxy groups -OCH3 is 1. The largest absolute Gasteiger partial charge is 0.497 e. The van der Waals surface area contributed by atoms with Crippen LogP contribution >= 0.6 is 0 Å². The van der Waals surface area contributed by atoms with Gasteiger partial charge in [-0.05, 0) is 57.9 Å². The summed E-state index contributed by atoms with van der Waals surface area (Å²) in [6.07, 6.45) is 3.14. The maximum absolute atomic E-state index is 8.96. The first-order chi connectivity index (χ1) is 9.48. The Morgan fingerprint density at radius 3 is 2.75 bits per heavy atom. The molecule has 1 aromatic rings. The van der Waals surface area contributed by atoms with E-state index in [1.807, 2.05) is 26.0 Å². The zero-order valence-electron chi connectivity index (χ0n) is 13.1. The summed E-state index contributed by atoms with van der Waals surface area (Å²) >= 11 is 0. The van der Waals surface area contributed by atoms with Crippen molar-refractivity contribution < 1.29 is 4.74 Å². The average Bonchev–Trinajstić information content (AvgIpc) is 2.46. The van der Waals surface area contributed by atoms with Crippen molar-refractivity contribution in [1.82, 2.24) is 5.32 Å². The van der Waals surface area contributed by atoms with E-state index in [1.54, 1.807) is 7.11 Å². The molecule has 3 heteroatoms.